The van der Waals surface area contributed by atoms with E-state index in [2.05, 4.69) is 23.2 Å². The summed E-state index contributed by atoms with van der Waals surface area (Å²) in [5.74, 6) is -0.240. The minimum atomic E-state index is -0.622. The van der Waals surface area contributed by atoms with E-state index in [1.165, 1.54) is 17.7 Å². The SMILES string of the molecule is Fc1ccc(C2(Cn3ccnc3)OCCc3ccccc32)cc1. The molecule has 1 unspecified atom stereocenters. The van der Waals surface area contributed by atoms with Gasteiger partial charge in [-0.1, -0.05) is 36.4 Å². The molecule has 3 nitrogen and oxygen atoms in total. The Balaban J connectivity index is 1.90. The van der Waals surface area contributed by atoms with Crippen LogP contribution in [-0.2, 0) is 23.3 Å². The van der Waals surface area contributed by atoms with Gasteiger partial charge in [-0.2, -0.15) is 0 Å². The van der Waals surface area contributed by atoms with Crippen LogP contribution in [-0.4, -0.2) is 16.2 Å². The first-order valence-electron chi connectivity index (χ1n) is 7.72. The topological polar surface area (TPSA) is 27.1 Å². The monoisotopic (exact) mass is 308 g/mol. The highest BCUT2D eigenvalue weighted by molar-refractivity contribution is 5.43. The molecule has 0 radical (unpaired) electrons. The van der Waals surface area contributed by atoms with E-state index in [-0.39, 0.29) is 5.82 Å². The molecule has 0 bridgehead atoms. The van der Waals surface area contributed by atoms with Crippen molar-refractivity contribution in [3.63, 3.8) is 0 Å². The van der Waals surface area contributed by atoms with Crippen molar-refractivity contribution in [3.05, 3.63) is 89.8 Å². The summed E-state index contributed by atoms with van der Waals surface area (Å²) in [6, 6.07) is 14.9. The van der Waals surface area contributed by atoms with Crippen molar-refractivity contribution in [2.75, 3.05) is 6.61 Å². The van der Waals surface area contributed by atoms with Gasteiger partial charge in [0, 0.05) is 12.4 Å². The molecule has 0 amide bonds. The van der Waals surface area contributed by atoms with Gasteiger partial charge in [-0.15, -0.1) is 0 Å². The average Bonchev–Trinajstić information content (AvgIpc) is 3.09. The fraction of sp³-hybridized carbons (Fsp3) is 0.211. The highest BCUT2D eigenvalue weighted by Gasteiger charge is 2.40. The number of aromatic nitrogens is 2. The lowest BCUT2D eigenvalue weighted by Gasteiger charge is -2.40. The van der Waals surface area contributed by atoms with Crippen molar-refractivity contribution in [2.45, 2.75) is 18.6 Å². The van der Waals surface area contributed by atoms with E-state index in [4.69, 9.17) is 4.74 Å². The average molecular weight is 308 g/mol. The van der Waals surface area contributed by atoms with Crippen LogP contribution in [0.4, 0.5) is 4.39 Å². The molecule has 23 heavy (non-hydrogen) atoms. The van der Waals surface area contributed by atoms with Gasteiger partial charge < -0.3 is 9.30 Å². The molecule has 1 atom stereocenters. The highest BCUT2D eigenvalue weighted by atomic mass is 19.1. The predicted octanol–water partition coefficient (Wildman–Crippen LogP) is 3.54. The number of rotatable bonds is 3. The van der Waals surface area contributed by atoms with E-state index in [9.17, 15) is 4.39 Å². The number of hydrogen-bond acceptors (Lipinski definition) is 2. The smallest absolute Gasteiger partial charge is 0.136 e. The summed E-state index contributed by atoms with van der Waals surface area (Å²) < 4.78 is 21.7. The molecule has 0 saturated carbocycles. The van der Waals surface area contributed by atoms with Crippen molar-refractivity contribution in [1.82, 2.24) is 9.55 Å². The molecule has 1 aliphatic heterocycles. The summed E-state index contributed by atoms with van der Waals surface area (Å²) in [5.41, 5.74) is 2.76. The maximum atomic E-state index is 13.4. The number of imidazole rings is 1. The van der Waals surface area contributed by atoms with Gasteiger partial charge >= 0.3 is 0 Å². The van der Waals surface area contributed by atoms with Crippen LogP contribution in [0.1, 0.15) is 16.7 Å². The predicted molar refractivity (Wildman–Crippen MR) is 85.5 cm³/mol. The number of nitrogens with zero attached hydrogens (tertiary/aromatic N) is 2. The standard InChI is InChI=1S/C19H17FN2O/c20-17-7-5-16(6-8-17)19(13-22-11-10-21-14-22)18-4-2-1-3-15(18)9-12-23-19/h1-8,10-11,14H,9,12-13H2. The first-order valence-corrected chi connectivity index (χ1v) is 7.72. The zero-order chi connectivity index (χ0) is 15.7. The van der Waals surface area contributed by atoms with E-state index < -0.39 is 5.60 Å². The van der Waals surface area contributed by atoms with Crippen molar-refractivity contribution in [1.29, 1.82) is 0 Å². The maximum absolute atomic E-state index is 13.4. The third kappa shape index (κ3) is 2.45. The minimum Gasteiger partial charge on any atom is -0.363 e. The van der Waals surface area contributed by atoms with Gasteiger partial charge in [0.2, 0.25) is 0 Å². The third-order valence-corrected chi connectivity index (χ3v) is 4.45. The number of halogens is 1. The molecule has 0 N–H and O–H groups in total. The molecule has 4 rings (SSSR count). The zero-order valence-corrected chi connectivity index (χ0v) is 12.7. The van der Waals surface area contributed by atoms with E-state index >= 15 is 0 Å². The van der Waals surface area contributed by atoms with Crippen molar-refractivity contribution in [2.24, 2.45) is 0 Å². The van der Waals surface area contributed by atoms with Crippen LogP contribution >= 0.6 is 0 Å². The van der Waals surface area contributed by atoms with Gasteiger partial charge in [0.1, 0.15) is 11.4 Å². The Morgan fingerprint density at radius 3 is 2.74 bits per heavy atom. The lowest BCUT2D eigenvalue weighted by molar-refractivity contribution is -0.0407. The van der Waals surface area contributed by atoms with Crippen molar-refractivity contribution >= 4 is 0 Å². The number of fused-ring (bicyclic) bond motifs is 1. The fourth-order valence-electron chi connectivity index (χ4n) is 3.36. The molecule has 0 fully saturated rings. The lowest BCUT2D eigenvalue weighted by Crippen LogP contribution is -2.40. The van der Waals surface area contributed by atoms with Crippen LogP contribution in [0.2, 0.25) is 0 Å². The van der Waals surface area contributed by atoms with E-state index in [0.29, 0.717) is 13.2 Å². The molecule has 2 heterocycles. The molecule has 4 heteroatoms. The lowest BCUT2D eigenvalue weighted by atomic mass is 9.80. The zero-order valence-electron chi connectivity index (χ0n) is 12.7. The molecule has 2 aromatic carbocycles. The normalized spacial score (nSPS) is 20.2. The Kier molecular flexibility index (Phi) is 3.46. The van der Waals surface area contributed by atoms with Crippen molar-refractivity contribution < 1.29 is 9.13 Å². The third-order valence-electron chi connectivity index (χ3n) is 4.45. The van der Waals surface area contributed by atoms with Crippen LogP contribution in [0.3, 0.4) is 0 Å². The summed E-state index contributed by atoms with van der Waals surface area (Å²) in [6.07, 6.45) is 6.36. The molecule has 0 spiro atoms. The van der Waals surface area contributed by atoms with E-state index in [1.54, 1.807) is 12.5 Å². The van der Waals surface area contributed by atoms with E-state index in [0.717, 1.165) is 17.5 Å². The van der Waals surface area contributed by atoms with Crippen LogP contribution < -0.4 is 0 Å². The summed E-state index contributed by atoms with van der Waals surface area (Å²) in [7, 11) is 0. The van der Waals surface area contributed by atoms with Gasteiger partial charge in [-0.05, 0) is 35.2 Å². The van der Waals surface area contributed by atoms with Gasteiger partial charge in [0.25, 0.3) is 0 Å². The first kappa shape index (κ1) is 14.2. The number of benzene rings is 2. The molecule has 0 aliphatic carbocycles. The van der Waals surface area contributed by atoms with Crippen LogP contribution in [0, 0.1) is 5.82 Å². The van der Waals surface area contributed by atoms with Gasteiger partial charge in [0.15, 0.2) is 0 Å². The van der Waals surface area contributed by atoms with Gasteiger partial charge in [0.05, 0.1) is 19.5 Å². The Labute approximate surface area is 134 Å². The summed E-state index contributed by atoms with van der Waals surface area (Å²) in [6.45, 7) is 1.25. The van der Waals surface area contributed by atoms with Crippen LogP contribution in [0.5, 0.6) is 0 Å². The maximum Gasteiger partial charge on any atom is 0.136 e. The second-order valence-corrected chi connectivity index (χ2v) is 5.82. The molecule has 116 valence electrons. The summed E-state index contributed by atoms with van der Waals surface area (Å²) in [5, 5.41) is 0. The van der Waals surface area contributed by atoms with E-state index in [1.807, 2.05) is 29.0 Å². The van der Waals surface area contributed by atoms with Crippen molar-refractivity contribution in [3.8, 4) is 0 Å². The molecular weight excluding hydrogens is 291 g/mol. The quantitative estimate of drug-likeness (QED) is 0.740. The fourth-order valence-corrected chi connectivity index (χ4v) is 3.36. The number of ether oxygens (including phenoxy) is 1. The summed E-state index contributed by atoms with van der Waals surface area (Å²) >= 11 is 0. The molecular formula is C19H17FN2O. The molecule has 1 aliphatic rings. The first-order chi connectivity index (χ1) is 11.3. The molecule has 1 aromatic heterocycles. The Hall–Kier alpha value is -2.46. The van der Waals surface area contributed by atoms with Crippen LogP contribution in [0.25, 0.3) is 0 Å². The van der Waals surface area contributed by atoms with Gasteiger partial charge in [-0.3, -0.25) is 0 Å². The number of hydrogen-bond donors (Lipinski definition) is 0. The van der Waals surface area contributed by atoms with Crippen LogP contribution in [0.15, 0.2) is 67.3 Å². The Morgan fingerprint density at radius 1 is 1.13 bits per heavy atom. The highest BCUT2D eigenvalue weighted by Crippen LogP contribution is 2.40. The molecule has 0 saturated heterocycles. The largest absolute Gasteiger partial charge is 0.363 e. The minimum absolute atomic E-state index is 0.240. The Bertz CT molecular complexity index is 799. The molecule has 3 aromatic rings. The Morgan fingerprint density at radius 2 is 1.96 bits per heavy atom. The van der Waals surface area contributed by atoms with Gasteiger partial charge in [-0.25, -0.2) is 9.37 Å². The second kappa shape index (κ2) is 5.63. The second-order valence-electron chi connectivity index (χ2n) is 5.82. The summed E-state index contributed by atoms with van der Waals surface area (Å²) in [4.78, 5) is 4.13.